The third-order valence-corrected chi connectivity index (χ3v) is 5.72. The summed E-state index contributed by atoms with van der Waals surface area (Å²) in [6, 6.07) is 0. The van der Waals surface area contributed by atoms with E-state index >= 15 is 0 Å². The van der Waals surface area contributed by atoms with Gasteiger partial charge in [0.15, 0.2) is 0 Å². The van der Waals surface area contributed by atoms with Gasteiger partial charge in [0.1, 0.15) is 11.6 Å². The van der Waals surface area contributed by atoms with Crippen LogP contribution in [0.2, 0.25) is 0 Å². The highest BCUT2D eigenvalue weighted by atomic mass is 35.5. The lowest BCUT2D eigenvalue weighted by Crippen LogP contribution is -3.09. The molecule has 2 saturated carbocycles. The molecule has 2 aliphatic rings. The Balaban J connectivity index is 0.00000264. The Morgan fingerprint density at radius 2 is 1.09 bits per heavy atom. The normalized spacial score (nSPS) is 20.3. The molecule has 0 heterocycles. The molecule has 0 atom stereocenters. The summed E-state index contributed by atoms with van der Waals surface area (Å²) >= 11 is 0. The number of rotatable bonds is 8. The molecule has 0 spiro atoms. The van der Waals surface area contributed by atoms with E-state index in [1.807, 2.05) is 0 Å². The van der Waals surface area contributed by atoms with Crippen LogP contribution in [0.25, 0.3) is 0 Å². The monoisotopic (exact) mass is 343 g/mol. The van der Waals surface area contributed by atoms with Gasteiger partial charge in [-0.15, -0.1) is 0 Å². The molecule has 2 rings (SSSR count). The molecule has 134 valence electrons. The molecular weight excluding hydrogens is 310 g/mol. The molecule has 0 amide bonds. The highest BCUT2D eigenvalue weighted by Gasteiger charge is 2.23. The average Bonchev–Trinajstić information content (AvgIpc) is 2.59. The molecule has 1 N–H and O–H groups in total. The Morgan fingerprint density at radius 1 is 0.739 bits per heavy atom. The van der Waals surface area contributed by atoms with Gasteiger partial charge in [-0.05, 0) is 25.7 Å². The fourth-order valence-electron chi connectivity index (χ4n) is 4.06. The maximum absolute atomic E-state index is 12.2. The zero-order valence-corrected chi connectivity index (χ0v) is 15.5. The van der Waals surface area contributed by atoms with Gasteiger partial charge in [-0.25, -0.2) is 0 Å². The quantitative estimate of drug-likeness (QED) is 0.650. The largest absolute Gasteiger partial charge is 1.00 e. The predicted molar refractivity (Wildman–Crippen MR) is 89.0 cm³/mol. The van der Waals surface area contributed by atoms with Gasteiger partial charge in [-0.3, -0.25) is 9.59 Å². The molecule has 0 aromatic rings. The minimum atomic E-state index is 0. The number of nitrogens with one attached hydrogen (secondary N) is 1. The number of ketones is 2. The first-order valence-electron chi connectivity index (χ1n) is 9.53. The Morgan fingerprint density at radius 3 is 1.43 bits per heavy atom. The van der Waals surface area contributed by atoms with Gasteiger partial charge >= 0.3 is 0 Å². The number of hydrogen-bond donors (Lipinski definition) is 1. The second-order valence-corrected chi connectivity index (χ2v) is 7.56. The lowest BCUT2D eigenvalue weighted by molar-refractivity contribution is -0.878. The van der Waals surface area contributed by atoms with Crippen molar-refractivity contribution in [2.75, 3.05) is 20.1 Å². The van der Waals surface area contributed by atoms with E-state index in [0.29, 0.717) is 36.2 Å². The first-order valence-corrected chi connectivity index (χ1v) is 9.53. The van der Waals surface area contributed by atoms with E-state index in [2.05, 4.69) is 7.05 Å². The van der Waals surface area contributed by atoms with E-state index in [-0.39, 0.29) is 12.4 Å². The van der Waals surface area contributed by atoms with Crippen LogP contribution < -0.4 is 17.3 Å². The number of halogens is 1. The summed E-state index contributed by atoms with van der Waals surface area (Å²) in [6.45, 7) is 1.79. The van der Waals surface area contributed by atoms with Crippen molar-refractivity contribution in [1.82, 2.24) is 0 Å². The Labute approximate surface area is 148 Å². The Kier molecular flexibility index (Phi) is 10.0. The molecule has 0 aromatic heterocycles. The molecule has 0 saturated heterocycles. The van der Waals surface area contributed by atoms with Crippen LogP contribution in [0.1, 0.15) is 77.0 Å². The van der Waals surface area contributed by atoms with Crippen molar-refractivity contribution < 1.29 is 26.9 Å². The highest BCUT2D eigenvalue weighted by molar-refractivity contribution is 5.81. The van der Waals surface area contributed by atoms with E-state index in [0.717, 1.165) is 38.8 Å². The maximum atomic E-state index is 12.2. The van der Waals surface area contributed by atoms with Gasteiger partial charge in [-0.1, -0.05) is 38.5 Å². The molecule has 0 aliphatic heterocycles. The van der Waals surface area contributed by atoms with Gasteiger partial charge in [-0.2, -0.15) is 0 Å². The van der Waals surface area contributed by atoms with Gasteiger partial charge in [0, 0.05) is 11.8 Å². The summed E-state index contributed by atoms with van der Waals surface area (Å²) in [4.78, 5) is 25.8. The van der Waals surface area contributed by atoms with Crippen LogP contribution in [-0.2, 0) is 9.59 Å². The van der Waals surface area contributed by atoms with Crippen molar-refractivity contribution in [3.63, 3.8) is 0 Å². The molecule has 0 radical (unpaired) electrons. The lowest BCUT2D eigenvalue weighted by Gasteiger charge is -2.22. The van der Waals surface area contributed by atoms with Crippen molar-refractivity contribution in [3.8, 4) is 0 Å². The van der Waals surface area contributed by atoms with Crippen molar-refractivity contribution in [2.45, 2.75) is 77.0 Å². The van der Waals surface area contributed by atoms with E-state index < -0.39 is 0 Å². The van der Waals surface area contributed by atoms with Crippen LogP contribution in [0.15, 0.2) is 0 Å². The smallest absolute Gasteiger partial charge is 0.141 e. The molecule has 0 aromatic carbocycles. The first kappa shape index (κ1) is 20.6. The van der Waals surface area contributed by atoms with Crippen LogP contribution >= 0.6 is 0 Å². The number of carbonyl (C=O) groups is 2. The van der Waals surface area contributed by atoms with Gasteiger partial charge < -0.3 is 17.3 Å². The number of hydrogen-bond acceptors (Lipinski definition) is 2. The molecule has 0 unspecified atom stereocenters. The third kappa shape index (κ3) is 7.34. The van der Waals surface area contributed by atoms with Gasteiger partial charge in [0.25, 0.3) is 0 Å². The van der Waals surface area contributed by atoms with E-state index in [1.54, 1.807) is 0 Å². The molecule has 3 nitrogen and oxygen atoms in total. The van der Waals surface area contributed by atoms with Crippen LogP contribution in [0.4, 0.5) is 0 Å². The Hall–Kier alpha value is -0.410. The Bertz CT molecular complexity index is 326. The van der Waals surface area contributed by atoms with Crippen LogP contribution in [0, 0.1) is 11.8 Å². The number of Topliss-reactive ketones (excluding diaryl/α,β-unsaturated/α-hetero) is 2. The fourth-order valence-corrected chi connectivity index (χ4v) is 4.06. The van der Waals surface area contributed by atoms with Crippen molar-refractivity contribution >= 4 is 11.6 Å². The standard InChI is InChI=1S/C19H33NO2.ClH/c1-20(14-12-18(21)16-8-4-2-5-9-16)15-13-19(22)17-10-6-3-7-11-17;/h16-17H,2-15H2,1H3;1H. The van der Waals surface area contributed by atoms with E-state index in [1.165, 1.54) is 43.4 Å². The van der Waals surface area contributed by atoms with E-state index in [4.69, 9.17) is 0 Å². The van der Waals surface area contributed by atoms with Crippen LogP contribution in [-0.4, -0.2) is 31.7 Å². The van der Waals surface area contributed by atoms with Gasteiger partial charge in [0.2, 0.25) is 0 Å². The highest BCUT2D eigenvalue weighted by Crippen LogP contribution is 2.25. The molecular formula is C19H34ClNO2. The molecule has 2 aliphatic carbocycles. The summed E-state index contributed by atoms with van der Waals surface area (Å²) in [5.41, 5.74) is 0. The zero-order chi connectivity index (χ0) is 15.8. The predicted octanol–water partition coefficient (Wildman–Crippen LogP) is -0.416. The lowest BCUT2D eigenvalue weighted by atomic mass is 9.85. The summed E-state index contributed by atoms with van der Waals surface area (Å²) in [6.07, 6.45) is 13.4. The van der Waals surface area contributed by atoms with Crippen molar-refractivity contribution in [2.24, 2.45) is 11.8 Å². The minimum Gasteiger partial charge on any atom is -1.00 e. The topological polar surface area (TPSA) is 38.6 Å². The molecule has 4 heteroatoms. The first-order chi connectivity index (χ1) is 10.7. The zero-order valence-electron chi connectivity index (χ0n) is 14.7. The molecule has 0 bridgehead atoms. The maximum Gasteiger partial charge on any atom is 0.141 e. The summed E-state index contributed by atoms with van der Waals surface area (Å²) in [7, 11) is 2.13. The number of quaternary nitrogens is 1. The summed E-state index contributed by atoms with van der Waals surface area (Å²) < 4.78 is 0. The third-order valence-electron chi connectivity index (χ3n) is 5.72. The fraction of sp³-hybridized carbons (Fsp3) is 0.895. The van der Waals surface area contributed by atoms with Gasteiger partial charge in [0.05, 0.1) is 33.0 Å². The summed E-state index contributed by atoms with van der Waals surface area (Å²) in [5, 5.41) is 0. The second-order valence-electron chi connectivity index (χ2n) is 7.56. The SMILES string of the molecule is C[NH+](CCC(=O)C1CCCCC1)CCC(=O)C1CCCCC1.[Cl-]. The van der Waals surface area contributed by atoms with Crippen LogP contribution in [0.5, 0.6) is 0 Å². The second kappa shape index (κ2) is 11.2. The molecule has 23 heavy (non-hydrogen) atoms. The molecule has 2 fully saturated rings. The van der Waals surface area contributed by atoms with Crippen molar-refractivity contribution in [3.05, 3.63) is 0 Å². The summed E-state index contributed by atoms with van der Waals surface area (Å²) in [5.74, 6) is 1.62. The van der Waals surface area contributed by atoms with E-state index in [9.17, 15) is 9.59 Å². The van der Waals surface area contributed by atoms with Crippen LogP contribution in [0.3, 0.4) is 0 Å². The van der Waals surface area contributed by atoms with Crippen molar-refractivity contribution in [1.29, 1.82) is 0 Å². The minimum absolute atomic E-state index is 0. The number of carbonyl (C=O) groups excluding carboxylic acids is 2. The average molecular weight is 344 g/mol.